The molecule has 2 heteroatoms. The van der Waals surface area contributed by atoms with Crippen LogP contribution < -0.4 is 0 Å². The topological polar surface area (TPSA) is 9.23 Å². The second-order valence-electron chi connectivity index (χ2n) is 6.95. The van der Waals surface area contributed by atoms with Gasteiger partial charge >= 0.3 is 0 Å². The standard InChI is InChI=1S/C20H21ClO/c1-15-11-17(13-18(21)12-15)20-9-7-19(8-10-20,14-22-20)16-5-3-2-4-6-16/h2-6,11-13H,7-10,14H2,1H3. The van der Waals surface area contributed by atoms with Gasteiger partial charge in [-0.15, -0.1) is 0 Å². The minimum Gasteiger partial charge on any atom is -0.369 e. The first-order valence-electron chi connectivity index (χ1n) is 8.09. The van der Waals surface area contributed by atoms with Gasteiger partial charge in [-0.3, -0.25) is 0 Å². The Balaban J connectivity index is 1.65. The highest BCUT2D eigenvalue weighted by Crippen LogP contribution is 2.54. The summed E-state index contributed by atoms with van der Waals surface area (Å²) < 4.78 is 6.46. The third-order valence-electron chi connectivity index (χ3n) is 5.59. The van der Waals surface area contributed by atoms with Crippen molar-refractivity contribution in [3.8, 4) is 0 Å². The van der Waals surface area contributed by atoms with E-state index in [2.05, 4.69) is 49.4 Å². The van der Waals surface area contributed by atoms with Gasteiger partial charge in [-0.2, -0.15) is 0 Å². The van der Waals surface area contributed by atoms with E-state index in [1.807, 2.05) is 6.07 Å². The predicted molar refractivity (Wildman–Crippen MR) is 90.4 cm³/mol. The SMILES string of the molecule is Cc1cc(Cl)cc(C23CCC(c4ccccc4)(CC2)CO3)c1. The molecule has 2 bridgehead atoms. The Morgan fingerprint density at radius 1 is 0.909 bits per heavy atom. The fourth-order valence-electron chi connectivity index (χ4n) is 4.23. The molecular formula is C20H21ClO. The lowest BCUT2D eigenvalue weighted by molar-refractivity contribution is -0.163. The van der Waals surface area contributed by atoms with Gasteiger partial charge in [0.1, 0.15) is 0 Å². The van der Waals surface area contributed by atoms with Crippen LogP contribution in [0.25, 0.3) is 0 Å². The number of benzene rings is 2. The predicted octanol–water partition coefficient (Wildman–Crippen LogP) is 5.39. The minimum absolute atomic E-state index is 0.119. The highest BCUT2D eigenvalue weighted by atomic mass is 35.5. The van der Waals surface area contributed by atoms with Crippen LogP contribution in [-0.2, 0) is 15.8 Å². The lowest BCUT2D eigenvalue weighted by Crippen LogP contribution is -2.51. The zero-order valence-electron chi connectivity index (χ0n) is 12.9. The maximum atomic E-state index is 6.46. The van der Waals surface area contributed by atoms with Crippen LogP contribution in [0.1, 0.15) is 42.4 Å². The van der Waals surface area contributed by atoms with Crippen LogP contribution >= 0.6 is 11.6 Å². The summed E-state index contributed by atoms with van der Waals surface area (Å²) in [6, 6.07) is 17.2. The fourth-order valence-corrected chi connectivity index (χ4v) is 4.52. The summed E-state index contributed by atoms with van der Waals surface area (Å²) >= 11 is 6.27. The Bertz CT molecular complexity index is 647. The number of hydrogen-bond acceptors (Lipinski definition) is 1. The van der Waals surface area contributed by atoms with Crippen molar-refractivity contribution in [1.82, 2.24) is 0 Å². The molecule has 0 N–H and O–H groups in total. The van der Waals surface area contributed by atoms with Crippen LogP contribution in [0.15, 0.2) is 48.5 Å². The Morgan fingerprint density at radius 3 is 2.23 bits per heavy atom. The Morgan fingerprint density at radius 2 is 1.64 bits per heavy atom. The van der Waals surface area contributed by atoms with Crippen LogP contribution in [0.2, 0.25) is 5.02 Å². The Hall–Kier alpha value is -1.31. The van der Waals surface area contributed by atoms with Crippen LogP contribution in [0.4, 0.5) is 0 Å². The molecule has 2 aromatic carbocycles. The van der Waals surface area contributed by atoms with Gasteiger partial charge in [0, 0.05) is 10.4 Å². The van der Waals surface area contributed by atoms with Crippen molar-refractivity contribution in [3.05, 3.63) is 70.2 Å². The largest absolute Gasteiger partial charge is 0.369 e. The molecule has 2 saturated heterocycles. The molecule has 1 saturated carbocycles. The molecule has 5 rings (SSSR count). The van der Waals surface area contributed by atoms with Crippen molar-refractivity contribution in [1.29, 1.82) is 0 Å². The molecule has 0 radical (unpaired) electrons. The summed E-state index contributed by atoms with van der Waals surface area (Å²) in [7, 11) is 0. The third kappa shape index (κ3) is 2.19. The smallest absolute Gasteiger partial charge is 0.0933 e. The number of halogens is 1. The highest BCUT2D eigenvalue weighted by Gasteiger charge is 2.51. The van der Waals surface area contributed by atoms with Gasteiger partial charge in [-0.05, 0) is 61.4 Å². The molecule has 0 spiro atoms. The van der Waals surface area contributed by atoms with E-state index < -0.39 is 0 Å². The van der Waals surface area contributed by atoms with E-state index in [9.17, 15) is 0 Å². The Labute approximate surface area is 137 Å². The molecule has 1 nitrogen and oxygen atoms in total. The van der Waals surface area contributed by atoms with Gasteiger partial charge < -0.3 is 4.74 Å². The van der Waals surface area contributed by atoms with Gasteiger partial charge in [-0.1, -0.05) is 48.0 Å². The quantitative estimate of drug-likeness (QED) is 0.722. The number of rotatable bonds is 2. The van der Waals surface area contributed by atoms with E-state index in [0.29, 0.717) is 0 Å². The first kappa shape index (κ1) is 14.3. The summed E-state index contributed by atoms with van der Waals surface area (Å²) in [5.41, 5.74) is 4.01. The molecule has 2 aliphatic heterocycles. The summed E-state index contributed by atoms with van der Waals surface area (Å²) in [5.74, 6) is 0. The lowest BCUT2D eigenvalue weighted by atomic mass is 9.61. The average Bonchev–Trinajstić information content (AvgIpc) is 2.56. The second-order valence-corrected chi connectivity index (χ2v) is 7.38. The molecular weight excluding hydrogens is 292 g/mol. The molecule has 3 fully saturated rings. The van der Waals surface area contributed by atoms with E-state index in [1.54, 1.807) is 0 Å². The van der Waals surface area contributed by atoms with Crippen molar-refractivity contribution in [2.24, 2.45) is 0 Å². The van der Waals surface area contributed by atoms with Crippen molar-refractivity contribution < 1.29 is 4.74 Å². The maximum absolute atomic E-state index is 6.46. The molecule has 3 aliphatic rings. The van der Waals surface area contributed by atoms with E-state index in [4.69, 9.17) is 16.3 Å². The van der Waals surface area contributed by atoms with Crippen molar-refractivity contribution in [2.45, 2.75) is 43.6 Å². The number of fused-ring (bicyclic) bond motifs is 3. The van der Waals surface area contributed by atoms with Gasteiger partial charge in [0.15, 0.2) is 0 Å². The van der Waals surface area contributed by atoms with Crippen LogP contribution in [0, 0.1) is 6.92 Å². The van der Waals surface area contributed by atoms with E-state index >= 15 is 0 Å². The van der Waals surface area contributed by atoms with Gasteiger partial charge in [0.05, 0.1) is 12.2 Å². The number of aryl methyl sites for hydroxylation is 1. The first-order chi connectivity index (χ1) is 10.6. The van der Waals surface area contributed by atoms with Crippen LogP contribution in [-0.4, -0.2) is 6.61 Å². The molecule has 2 aromatic rings. The molecule has 0 amide bonds. The van der Waals surface area contributed by atoms with Crippen LogP contribution in [0.5, 0.6) is 0 Å². The van der Waals surface area contributed by atoms with Gasteiger partial charge in [-0.25, -0.2) is 0 Å². The summed E-state index contributed by atoms with van der Waals surface area (Å²) in [5, 5.41) is 0.818. The maximum Gasteiger partial charge on any atom is 0.0933 e. The fraction of sp³-hybridized carbons (Fsp3) is 0.400. The third-order valence-corrected chi connectivity index (χ3v) is 5.81. The molecule has 0 unspecified atom stereocenters. The summed E-state index contributed by atoms with van der Waals surface area (Å²) in [4.78, 5) is 0. The monoisotopic (exact) mass is 312 g/mol. The van der Waals surface area contributed by atoms with Crippen LogP contribution in [0.3, 0.4) is 0 Å². The van der Waals surface area contributed by atoms with E-state index in [1.165, 1.54) is 29.5 Å². The zero-order chi connectivity index (χ0) is 15.2. The zero-order valence-corrected chi connectivity index (χ0v) is 13.7. The minimum atomic E-state index is -0.119. The second kappa shape index (κ2) is 5.11. The van der Waals surface area contributed by atoms with Crippen molar-refractivity contribution in [3.63, 3.8) is 0 Å². The molecule has 1 aliphatic carbocycles. The number of ether oxygens (including phenoxy) is 1. The van der Waals surface area contributed by atoms with E-state index in [0.717, 1.165) is 24.5 Å². The van der Waals surface area contributed by atoms with Crippen molar-refractivity contribution >= 4 is 11.6 Å². The molecule has 22 heavy (non-hydrogen) atoms. The highest BCUT2D eigenvalue weighted by molar-refractivity contribution is 6.30. The average molecular weight is 313 g/mol. The normalized spacial score (nSPS) is 30.5. The molecule has 114 valence electrons. The molecule has 0 aromatic heterocycles. The lowest BCUT2D eigenvalue weighted by Gasteiger charge is -2.53. The Kier molecular flexibility index (Phi) is 3.32. The van der Waals surface area contributed by atoms with E-state index in [-0.39, 0.29) is 11.0 Å². The summed E-state index contributed by atoms with van der Waals surface area (Å²) in [6.45, 7) is 2.93. The van der Waals surface area contributed by atoms with Gasteiger partial charge in [0.2, 0.25) is 0 Å². The van der Waals surface area contributed by atoms with Crippen molar-refractivity contribution in [2.75, 3.05) is 6.61 Å². The van der Waals surface area contributed by atoms with Gasteiger partial charge in [0.25, 0.3) is 0 Å². The summed E-state index contributed by atoms with van der Waals surface area (Å²) in [6.07, 6.45) is 4.56. The first-order valence-corrected chi connectivity index (χ1v) is 8.47. The molecule has 0 atom stereocenters. The number of hydrogen-bond donors (Lipinski definition) is 0. The molecule has 2 heterocycles.